The fourth-order valence-corrected chi connectivity index (χ4v) is 7.66. The Morgan fingerprint density at radius 1 is 0.388 bits per heavy atom. The quantitative estimate of drug-likeness (QED) is 0.190. The average molecular weight is 627 g/mol. The topological polar surface area (TPSA) is 21.3 Å². The molecule has 0 aliphatic heterocycles. The van der Waals surface area contributed by atoms with Gasteiger partial charge in [0.05, 0.1) is 22.4 Å². The predicted molar refractivity (Wildman–Crippen MR) is 206 cm³/mol. The second kappa shape index (κ2) is 11.0. The minimum Gasteiger partial charge on any atom is -0.456 e. The maximum absolute atomic E-state index is 6.34. The van der Waals surface area contributed by atoms with Gasteiger partial charge in [0.25, 0.3) is 0 Å². The van der Waals surface area contributed by atoms with Gasteiger partial charge in [-0.1, -0.05) is 121 Å². The van der Waals surface area contributed by atoms with Gasteiger partial charge in [0, 0.05) is 43.9 Å². The van der Waals surface area contributed by atoms with Crippen molar-refractivity contribution in [1.82, 2.24) is 4.57 Å². The maximum atomic E-state index is 6.34. The highest BCUT2D eigenvalue weighted by atomic mass is 16.3. The molecular formula is C46H30N2O. The van der Waals surface area contributed by atoms with Crippen LogP contribution in [0.15, 0.2) is 186 Å². The molecule has 0 saturated heterocycles. The highest BCUT2D eigenvalue weighted by molar-refractivity contribution is 6.14. The van der Waals surface area contributed by atoms with Gasteiger partial charge in [-0.05, 0) is 71.6 Å². The molecule has 0 radical (unpaired) electrons. The molecule has 0 amide bonds. The van der Waals surface area contributed by atoms with Crippen molar-refractivity contribution in [2.75, 3.05) is 4.90 Å². The molecule has 2 aromatic heterocycles. The zero-order valence-electron chi connectivity index (χ0n) is 26.6. The smallest absolute Gasteiger partial charge is 0.136 e. The summed E-state index contributed by atoms with van der Waals surface area (Å²) in [5.74, 6) is 0. The van der Waals surface area contributed by atoms with E-state index in [4.69, 9.17) is 4.42 Å². The lowest BCUT2D eigenvalue weighted by atomic mass is 9.96. The van der Waals surface area contributed by atoms with Crippen LogP contribution in [0.1, 0.15) is 0 Å². The molecule has 0 atom stereocenters. The molecule has 49 heavy (non-hydrogen) atoms. The lowest BCUT2D eigenvalue weighted by molar-refractivity contribution is 0.669. The van der Waals surface area contributed by atoms with Crippen molar-refractivity contribution in [3.05, 3.63) is 182 Å². The zero-order valence-corrected chi connectivity index (χ0v) is 26.6. The Morgan fingerprint density at radius 2 is 0.939 bits per heavy atom. The molecule has 0 fully saturated rings. The van der Waals surface area contributed by atoms with E-state index in [-0.39, 0.29) is 0 Å². The highest BCUT2D eigenvalue weighted by Gasteiger charge is 2.22. The molecule has 10 aromatic rings. The van der Waals surface area contributed by atoms with E-state index >= 15 is 0 Å². The normalized spacial score (nSPS) is 11.7. The molecule has 3 heteroatoms. The summed E-state index contributed by atoms with van der Waals surface area (Å²) in [5.41, 5.74) is 10.9. The van der Waals surface area contributed by atoms with Crippen LogP contribution < -0.4 is 4.90 Å². The SMILES string of the molecule is c1ccc(N(c2ccc(-n3c4ccccc4c4ccccc43)cc2)c2cccc3ccccc23)c(-c2cccc3oc4ccccc4c23)c1. The zero-order chi connectivity index (χ0) is 32.3. The molecule has 0 N–H and O–H groups in total. The minimum absolute atomic E-state index is 0.890. The van der Waals surface area contributed by atoms with Crippen molar-refractivity contribution in [1.29, 1.82) is 0 Å². The van der Waals surface area contributed by atoms with Crippen molar-refractivity contribution >= 4 is 71.6 Å². The van der Waals surface area contributed by atoms with Gasteiger partial charge in [-0.2, -0.15) is 0 Å². The Hall–Kier alpha value is -6.58. The number of furan rings is 1. The van der Waals surface area contributed by atoms with Crippen LogP contribution in [-0.2, 0) is 0 Å². The summed E-state index contributed by atoms with van der Waals surface area (Å²) in [5, 5.41) is 7.16. The van der Waals surface area contributed by atoms with Crippen molar-refractivity contribution in [3.63, 3.8) is 0 Å². The molecular weight excluding hydrogens is 597 g/mol. The molecule has 0 saturated carbocycles. The van der Waals surface area contributed by atoms with Crippen LogP contribution in [0.5, 0.6) is 0 Å². The van der Waals surface area contributed by atoms with E-state index in [9.17, 15) is 0 Å². The van der Waals surface area contributed by atoms with Crippen LogP contribution in [0.4, 0.5) is 17.1 Å². The summed E-state index contributed by atoms with van der Waals surface area (Å²) >= 11 is 0. The first-order valence-electron chi connectivity index (χ1n) is 16.7. The van der Waals surface area contributed by atoms with Crippen LogP contribution in [0.2, 0.25) is 0 Å². The largest absolute Gasteiger partial charge is 0.456 e. The van der Waals surface area contributed by atoms with Crippen molar-refractivity contribution in [2.45, 2.75) is 0 Å². The molecule has 10 rings (SSSR count). The van der Waals surface area contributed by atoms with Gasteiger partial charge in [0.2, 0.25) is 0 Å². The van der Waals surface area contributed by atoms with Gasteiger partial charge in [-0.3, -0.25) is 0 Å². The molecule has 0 spiro atoms. The van der Waals surface area contributed by atoms with Gasteiger partial charge < -0.3 is 13.9 Å². The first-order chi connectivity index (χ1) is 24.3. The summed E-state index contributed by atoms with van der Waals surface area (Å²) in [6.07, 6.45) is 0. The maximum Gasteiger partial charge on any atom is 0.136 e. The van der Waals surface area contributed by atoms with Gasteiger partial charge >= 0.3 is 0 Å². The molecule has 0 aliphatic carbocycles. The standard InChI is InChI=1S/C46H30N2O/c1-2-15-34-31(13-1)14-11-24-40(34)47(32-27-29-33(30-28-32)48-41-21-7-3-16-35(41)36-17-4-8-22-42(36)48)43-23-9-5-18-37(43)38-20-12-26-45-46(38)39-19-6-10-25-44(39)49-45/h1-30H. The number of benzene rings is 8. The average Bonchev–Trinajstić information content (AvgIpc) is 3.72. The lowest BCUT2D eigenvalue weighted by Crippen LogP contribution is -2.12. The van der Waals surface area contributed by atoms with E-state index in [2.05, 4.69) is 179 Å². The molecule has 0 aliphatic rings. The van der Waals surface area contributed by atoms with Crippen LogP contribution in [0.25, 0.3) is 71.3 Å². The minimum atomic E-state index is 0.890. The highest BCUT2D eigenvalue weighted by Crippen LogP contribution is 2.46. The number of aromatic nitrogens is 1. The second-order valence-corrected chi connectivity index (χ2v) is 12.5. The Labute approximate surface area is 283 Å². The Bertz CT molecular complexity index is 2780. The molecule has 2 heterocycles. The fraction of sp³-hybridized carbons (Fsp3) is 0. The first kappa shape index (κ1) is 27.5. The van der Waals surface area contributed by atoms with E-state index in [0.29, 0.717) is 0 Å². The molecule has 0 bridgehead atoms. The first-order valence-corrected chi connectivity index (χ1v) is 16.7. The summed E-state index contributed by atoms with van der Waals surface area (Å²) in [4.78, 5) is 2.41. The molecule has 230 valence electrons. The van der Waals surface area contributed by atoms with Gasteiger partial charge in [-0.15, -0.1) is 0 Å². The van der Waals surface area contributed by atoms with Gasteiger partial charge in [0.1, 0.15) is 11.2 Å². The van der Waals surface area contributed by atoms with E-state index in [0.717, 1.165) is 55.8 Å². The number of anilines is 3. The van der Waals surface area contributed by atoms with E-state index in [1.807, 2.05) is 12.1 Å². The number of hydrogen-bond acceptors (Lipinski definition) is 2. The van der Waals surface area contributed by atoms with Crippen LogP contribution >= 0.6 is 0 Å². The molecule has 3 nitrogen and oxygen atoms in total. The van der Waals surface area contributed by atoms with E-state index < -0.39 is 0 Å². The van der Waals surface area contributed by atoms with E-state index in [1.165, 1.54) is 32.6 Å². The fourth-order valence-electron chi connectivity index (χ4n) is 7.66. The third-order valence-electron chi connectivity index (χ3n) is 9.79. The Balaban J connectivity index is 1.21. The number of para-hydroxylation sites is 4. The summed E-state index contributed by atoms with van der Waals surface area (Å²) in [6.45, 7) is 0. The Kier molecular flexibility index (Phi) is 6.18. The number of fused-ring (bicyclic) bond motifs is 7. The van der Waals surface area contributed by atoms with Crippen LogP contribution in [0.3, 0.4) is 0 Å². The lowest BCUT2D eigenvalue weighted by Gasteiger charge is -2.29. The van der Waals surface area contributed by atoms with Crippen LogP contribution in [0, 0.1) is 0 Å². The summed E-state index contributed by atoms with van der Waals surface area (Å²) in [6, 6.07) is 65.0. The predicted octanol–water partition coefficient (Wildman–Crippen LogP) is 13.0. The van der Waals surface area contributed by atoms with E-state index in [1.54, 1.807) is 0 Å². The Morgan fingerprint density at radius 3 is 1.73 bits per heavy atom. The monoisotopic (exact) mass is 626 g/mol. The second-order valence-electron chi connectivity index (χ2n) is 12.5. The summed E-state index contributed by atoms with van der Waals surface area (Å²) in [7, 11) is 0. The number of hydrogen-bond donors (Lipinski definition) is 0. The number of nitrogens with zero attached hydrogens (tertiary/aromatic N) is 2. The number of rotatable bonds is 5. The third kappa shape index (κ3) is 4.29. The van der Waals surface area contributed by atoms with Gasteiger partial charge in [-0.25, -0.2) is 0 Å². The molecule has 0 unspecified atom stereocenters. The van der Waals surface area contributed by atoms with Crippen LogP contribution in [-0.4, -0.2) is 4.57 Å². The van der Waals surface area contributed by atoms with Crippen molar-refractivity contribution in [3.8, 4) is 16.8 Å². The van der Waals surface area contributed by atoms with Crippen molar-refractivity contribution in [2.24, 2.45) is 0 Å². The third-order valence-corrected chi connectivity index (χ3v) is 9.79. The molecule has 8 aromatic carbocycles. The van der Waals surface area contributed by atoms with Gasteiger partial charge in [0.15, 0.2) is 0 Å². The summed E-state index contributed by atoms with van der Waals surface area (Å²) < 4.78 is 8.71. The van der Waals surface area contributed by atoms with Crippen molar-refractivity contribution < 1.29 is 4.42 Å².